The molecule has 0 N–H and O–H groups in total. The second-order valence-electron chi connectivity index (χ2n) is 7.38. The van der Waals surface area contributed by atoms with Crippen LogP contribution in [0.5, 0.6) is 0 Å². The number of likely N-dealkylation sites (tertiary alicyclic amines) is 1. The summed E-state index contributed by atoms with van der Waals surface area (Å²) < 4.78 is 0. The Labute approximate surface area is 167 Å². The second-order valence-corrected chi connectivity index (χ2v) is 7.38. The molecule has 3 aromatic carbocycles. The molecule has 28 heavy (non-hydrogen) atoms. The molecule has 2 unspecified atom stereocenters. The van der Waals surface area contributed by atoms with Gasteiger partial charge >= 0.3 is 0 Å². The molecular weight excluding hydrogens is 340 g/mol. The summed E-state index contributed by atoms with van der Waals surface area (Å²) in [6, 6.07) is 34.4. The van der Waals surface area contributed by atoms with Crippen molar-refractivity contribution in [3.63, 3.8) is 0 Å². The van der Waals surface area contributed by atoms with Gasteiger partial charge in [0.2, 0.25) is 0 Å². The summed E-state index contributed by atoms with van der Waals surface area (Å²) in [5, 5.41) is 9.99. The lowest BCUT2D eigenvalue weighted by Gasteiger charge is -2.42. The number of hydrogen-bond acceptors (Lipinski definition) is 2. The van der Waals surface area contributed by atoms with Gasteiger partial charge in [0.15, 0.2) is 0 Å². The van der Waals surface area contributed by atoms with E-state index < -0.39 is 0 Å². The van der Waals surface area contributed by atoms with Gasteiger partial charge in [-0.2, -0.15) is 5.26 Å². The van der Waals surface area contributed by atoms with Crippen LogP contribution in [0.2, 0.25) is 0 Å². The molecule has 0 radical (unpaired) electrons. The van der Waals surface area contributed by atoms with Gasteiger partial charge in [0.1, 0.15) is 0 Å². The van der Waals surface area contributed by atoms with E-state index in [1.807, 2.05) is 30.3 Å². The van der Waals surface area contributed by atoms with Crippen molar-refractivity contribution in [2.45, 2.75) is 24.9 Å². The molecule has 0 aliphatic carbocycles. The molecule has 0 amide bonds. The molecule has 1 aliphatic rings. The van der Waals surface area contributed by atoms with Crippen molar-refractivity contribution in [2.75, 3.05) is 7.05 Å². The van der Waals surface area contributed by atoms with Crippen molar-refractivity contribution in [2.24, 2.45) is 0 Å². The van der Waals surface area contributed by atoms with E-state index in [4.69, 9.17) is 0 Å². The molecule has 0 saturated carbocycles. The Morgan fingerprint density at radius 2 is 1.18 bits per heavy atom. The molecule has 1 aliphatic heterocycles. The lowest BCUT2D eigenvalue weighted by atomic mass is 9.82. The maximum absolute atomic E-state index is 9.99. The van der Waals surface area contributed by atoms with Gasteiger partial charge in [-0.05, 0) is 42.2 Å². The maximum Gasteiger partial charge on any atom is 0.0997 e. The van der Waals surface area contributed by atoms with Crippen molar-refractivity contribution < 1.29 is 0 Å². The van der Waals surface area contributed by atoms with E-state index in [9.17, 15) is 5.26 Å². The van der Waals surface area contributed by atoms with E-state index in [2.05, 4.69) is 78.7 Å². The van der Waals surface area contributed by atoms with E-state index in [0.29, 0.717) is 0 Å². The minimum absolute atomic E-state index is 0.252. The molecule has 3 aromatic rings. The van der Waals surface area contributed by atoms with Crippen molar-refractivity contribution in [3.8, 4) is 6.07 Å². The van der Waals surface area contributed by atoms with Gasteiger partial charge in [-0.15, -0.1) is 0 Å². The van der Waals surface area contributed by atoms with Gasteiger partial charge in [0.25, 0.3) is 0 Å². The quantitative estimate of drug-likeness (QED) is 0.520. The molecule has 2 heteroatoms. The molecule has 2 atom stereocenters. The molecule has 0 bridgehead atoms. The molecule has 1 fully saturated rings. The molecule has 1 saturated heterocycles. The summed E-state index contributed by atoms with van der Waals surface area (Å²) in [5.74, 6) is 0. The molecule has 0 spiro atoms. The standard InChI is InChI=1S/C26H24N2/c1-28-25(21-13-7-3-8-14-21)17-23(18-26(28)22-15-9-4-10-16-22)24(19-27)20-11-5-2-6-12-20/h2-16,25-26H,17-18H2,1H3. The Bertz CT molecular complexity index is 933. The van der Waals surface area contributed by atoms with Crippen LogP contribution in [-0.2, 0) is 0 Å². The average molecular weight is 364 g/mol. The lowest BCUT2D eigenvalue weighted by molar-refractivity contribution is 0.144. The number of nitrogens with zero attached hydrogens (tertiary/aromatic N) is 2. The van der Waals surface area contributed by atoms with Crippen LogP contribution in [0.3, 0.4) is 0 Å². The first-order valence-electron chi connectivity index (χ1n) is 9.77. The number of piperidine rings is 1. The van der Waals surface area contributed by atoms with Crippen LogP contribution in [0.15, 0.2) is 96.6 Å². The van der Waals surface area contributed by atoms with Gasteiger partial charge in [-0.25, -0.2) is 0 Å². The third kappa shape index (κ3) is 3.63. The van der Waals surface area contributed by atoms with Crippen molar-refractivity contribution in [3.05, 3.63) is 113 Å². The van der Waals surface area contributed by atoms with E-state index >= 15 is 0 Å². The monoisotopic (exact) mass is 364 g/mol. The van der Waals surface area contributed by atoms with Crippen LogP contribution >= 0.6 is 0 Å². The normalized spacial score (nSPS) is 19.8. The number of benzene rings is 3. The number of hydrogen-bond donors (Lipinski definition) is 0. The topological polar surface area (TPSA) is 27.0 Å². The van der Waals surface area contributed by atoms with Crippen molar-refractivity contribution in [1.82, 2.24) is 4.90 Å². The summed E-state index contributed by atoms with van der Waals surface area (Å²) in [6.07, 6.45) is 1.75. The van der Waals surface area contributed by atoms with E-state index in [1.54, 1.807) is 0 Å². The summed E-state index contributed by atoms with van der Waals surface area (Å²) in [7, 11) is 2.21. The van der Waals surface area contributed by atoms with E-state index in [1.165, 1.54) is 16.7 Å². The summed E-state index contributed by atoms with van der Waals surface area (Å²) in [6.45, 7) is 0. The minimum Gasteiger partial charge on any atom is -0.292 e. The van der Waals surface area contributed by atoms with Crippen LogP contribution in [-0.4, -0.2) is 11.9 Å². The summed E-state index contributed by atoms with van der Waals surface area (Å²) >= 11 is 0. The Kier molecular flexibility index (Phi) is 5.37. The van der Waals surface area contributed by atoms with E-state index in [0.717, 1.165) is 24.0 Å². The van der Waals surface area contributed by atoms with Crippen molar-refractivity contribution >= 4 is 5.57 Å². The highest BCUT2D eigenvalue weighted by Crippen LogP contribution is 2.45. The smallest absolute Gasteiger partial charge is 0.0997 e. The van der Waals surface area contributed by atoms with Crippen LogP contribution in [0.4, 0.5) is 0 Å². The third-order valence-corrected chi connectivity index (χ3v) is 5.76. The molecule has 2 nitrogen and oxygen atoms in total. The first-order valence-corrected chi connectivity index (χ1v) is 9.77. The molecule has 138 valence electrons. The number of allylic oxidation sites excluding steroid dienone is 1. The third-order valence-electron chi connectivity index (χ3n) is 5.76. The van der Waals surface area contributed by atoms with Gasteiger partial charge < -0.3 is 0 Å². The summed E-state index contributed by atoms with van der Waals surface area (Å²) in [4.78, 5) is 2.47. The zero-order valence-electron chi connectivity index (χ0n) is 16.1. The first kappa shape index (κ1) is 18.2. The van der Waals surface area contributed by atoms with Crippen LogP contribution in [0, 0.1) is 11.3 Å². The van der Waals surface area contributed by atoms with E-state index in [-0.39, 0.29) is 12.1 Å². The fourth-order valence-corrected chi connectivity index (χ4v) is 4.27. The molecule has 1 heterocycles. The van der Waals surface area contributed by atoms with Gasteiger partial charge in [0.05, 0.1) is 11.6 Å². The van der Waals surface area contributed by atoms with Crippen LogP contribution in [0.1, 0.15) is 41.6 Å². The lowest BCUT2D eigenvalue weighted by Crippen LogP contribution is -2.34. The van der Waals surface area contributed by atoms with Gasteiger partial charge in [0, 0.05) is 12.1 Å². The number of rotatable bonds is 3. The zero-order chi connectivity index (χ0) is 19.3. The average Bonchev–Trinajstić information content (AvgIpc) is 2.77. The number of nitriles is 1. The minimum atomic E-state index is 0.252. The molecule has 4 rings (SSSR count). The highest BCUT2D eigenvalue weighted by atomic mass is 15.2. The highest BCUT2D eigenvalue weighted by Gasteiger charge is 2.33. The van der Waals surface area contributed by atoms with Gasteiger partial charge in [-0.1, -0.05) is 91.0 Å². The van der Waals surface area contributed by atoms with Crippen LogP contribution < -0.4 is 0 Å². The Morgan fingerprint density at radius 1 is 0.750 bits per heavy atom. The van der Waals surface area contributed by atoms with Crippen LogP contribution in [0.25, 0.3) is 5.57 Å². The maximum atomic E-state index is 9.99. The molecular formula is C26H24N2. The largest absolute Gasteiger partial charge is 0.292 e. The predicted molar refractivity (Wildman–Crippen MR) is 114 cm³/mol. The predicted octanol–water partition coefficient (Wildman–Crippen LogP) is 6.17. The van der Waals surface area contributed by atoms with Crippen molar-refractivity contribution in [1.29, 1.82) is 5.26 Å². The SMILES string of the molecule is CN1C(c2ccccc2)CC(=C(C#N)c2ccccc2)CC1c1ccccc1. The fourth-order valence-electron chi connectivity index (χ4n) is 4.27. The second kappa shape index (κ2) is 8.25. The highest BCUT2D eigenvalue weighted by molar-refractivity contribution is 5.79. The zero-order valence-corrected chi connectivity index (χ0v) is 16.1. The fraction of sp³-hybridized carbons (Fsp3) is 0.192. The Morgan fingerprint density at radius 3 is 1.61 bits per heavy atom. The van der Waals surface area contributed by atoms with Gasteiger partial charge in [-0.3, -0.25) is 4.90 Å². The Hall–Kier alpha value is -3.15. The first-order chi connectivity index (χ1) is 13.8. The summed E-state index contributed by atoms with van der Waals surface area (Å²) in [5.41, 5.74) is 5.69. The Balaban J connectivity index is 1.81. The molecule has 0 aromatic heterocycles.